The van der Waals surface area contributed by atoms with Gasteiger partial charge in [0, 0.05) is 24.7 Å². The van der Waals surface area contributed by atoms with E-state index < -0.39 is 47.6 Å². The molecule has 3 aliphatic heterocycles. The summed E-state index contributed by atoms with van der Waals surface area (Å²) in [6.07, 6.45) is 0.104. The topological polar surface area (TPSA) is 91.6 Å². The van der Waals surface area contributed by atoms with E-state index in [2.05, 4.69) is 36.9 Å². The van der Waals surface area contributed by atoms with Crippen LogP contribution in [-0.2, 0) is 15.9 Å². The maximum absolute atomic E-state index is 14.2. The number of rotatable bonds is 9. The van der Waals surface area contributed by atoms with Crippen LogP contribution in [0.2, 0.25) is 0 Å². The minimum Gasteiger partial charge on any atom is -0.489 e. The normalized spacial score (nSPS) is 30.1. The van der Waals surface area contributed by atoms with E-state index in [1.807, 2.05) is 24.3 Å². The molecule has 0 spiro atoms. The fraction of sp³-hybridized carbons (Fsp3) is 0.514. The number of nitrogens with zero attached hydrogens (tertiary/aromatic N) is 1. The number of ether oxygens (including phenoxy) is 3. The number of hydrogen-bond donors (Lipinski definition) is 3. The predicted octanol–water partition coefficient (Wildman–Crippen LogP) is 5.90. The van der Waals surface area contributed by atoms with E-state index in [4.69, 9.17) is 14.2 Å². The maximum atomic E-state index is 14.2. The van der Waals surface area contributed by atoms with Gasteiger partial charge in [0.2, 0.25) is 0 Å². The number of likely N-dealkylation sites (tertiary alicyclic amines) is 1. The first-order valence-electron chi connectivity index (χ1n) is 16.5. The first-order valence-corrected chi connectivity index (χ1v) is 17.8. The van der Waals surface area contributed by atoms with Crippen molar-refractivity contribution in [3.8, 4) is 5.75 Å². The summed E-state index contributed by atoms with van der Waals surface area (Å²) < 4.78 is 46.3. The molecular weight excluding hydrogens is 624 g/mol. The van der Waals surface area contributed by atoms with Crippen LogP contribution < -0.4 is 4.74 Å². The van der Waals surface area contributed by atoms with Crippen molar-refractivity contribution in [3.05, 3.63) is 100 Å². The third kappa shape index (κ3) is 7.69. The number of thioether (sulfide) groups is 1. The second-order valence-electron chi connectivity index (χ2n) is 13.3. The van der Waals surface area contributed by atoms with Gasteiger partial charge in [-0.05, 0) is 90.4 Å². The Hall–Kier alpha value is -2.57. The van der Waals surface area contributed by atoms with Gasteiger partial charge in [-0.1, -0.05) is 44.2 Å². The van der Waals surface area contributed by atoms with E-state index in [0.717, 1.165) is 60.5 Å². The van der Waals surface area contributed by atoms with Crippen LogP contribution in [0.1, 0.15) is 79.1 Å². The summed E-state index contributed by atoms with van der Waals surface area (Å²) in [7, 11) is 0. The molecule has 3 fully saturated rings. The van der Waals surface area contributed by atoms with Crippen molar-refractivity contribution in [2.75, 3.05) is 26.0 Å². The quantitative estimate of drug-likeness (QED) is 0.260. The molecule has 7 nitrogen and oxygen atoms in total. The number of aliphatic hydroxyl groups excluding tert-OH is 3. The highest BCUT2D eigenvalue weighted by molar-refractivity contribution is 7.99. The highest BCUT2D eigenvalue weighted by Crippen LogP contribution is 2.38. The highest BCUT2D eigenvalue weighted by Gasteiger charge is 2.44. The first kappa shape index (κ1) is 34.3. The minimum absolute atomic E-state index is 0.0596. The van der Waals surface area contributed by atoms with Crippen LogP contribution in [0.5, 0.6) is 5.75 Å². The van der Waals surface area contributed by atoms with Crippen molar-refractivity contribution < 1.29 is 38.3 Å². The van der Waals surface area contributed by atoms with E-state index in [-0.39, 0.29) is 12.1 Å². The van der Waals surface area contributed by atoms with Crippen LogP contribution >= 0.6 is 11.8 Å². The Balaban J connectivity index is 1.05. The van der Waals surface area contributed by atoms with Crippen LogP contribution in [0.15, 0.2) is 60.7 Å². The molecular formula is C37H45F2NO6S. The fourth-order valence-corrected chi connectivity index (χ4v) is 7.82. The summed E-state index contributed by atoms with van der Waals surface area (Å²) in [4.78, 5) is 2.38. The molecule has 0 radical (unpaired) electrons. The van der Waals surface area contributed by atoms with Crippen molar-refractivity contribution >= 4 is 11.8 Å². The standard InChI is InChI=1S/C37H45F2NO6S/c1-21(2)29-11-6-23(36-34(42)33(41)35(43)37(46-36)47-3)17-24(29)16-22-4-9-27(10-5-22)45-28-14-15-40(19-28)26-8-13-32(44-20-26)30-18-25(38)7-12-31(30)39/h4-7,9-12,17-18,21,26,28,32-37,41-43H,8,13-16,19-20H2,1-3H3/t26-,28+,32-,33+,34+,35-,36-,37+/m0/s1. The predicted molar refractivity (Wildman–Crippen MR) is 178 cm³/mol. The molecule has 3 aromatic carbocycles. The molecule has 3 saturated heterocycles. The molecule has 0 saturated carbocycles. The van der Waals surface area contributed by atoms with Gasteiger partial charge in [0.15, 0.2) is 0 Å². The van der Waals surface area contributed by atoms with Gasteiger partial charge >= 0.3 is 0 Å². The van der Waals surface area contributed by atoms with Gasteiger partial charge in [-0.15, -0.1) is 11.8 Å². The summed E-state index contributed by atoms with van der Waals surface area (Å²) in [5.41, 5.74) is 3.87. The molecule has 254 valence electrons. The summed E-state index contributed by atoms with van der Waals surface area (Å²) in [6.45, 7) is 6.47. The smallest absolute Gasteiger partial charge is 0.132 e. The zero-order valence-electron chi connectivity index (χ0n) is 27.1. The Bertz CT molecular complexity index is 1500. The molecule has 6 rings (SSSR count). The van der Waals surface area contributed by atoms with Gasteiger partial charge in [-0.25, -0.2) is 8.78 Å². The molecule has 0 aliphatic carbocycles. The number of aliphatic hydroxyl groups is 3. The summed E-state index contributed by atoms with van der Waals surface area (Å²) in [5.74, 6) is 0.227. The van der Waals surface area contributed by atoms with Crippen LogP contribution in [0.25, 0.3) is 0 Å². The molecule has 10 heteroatoms. The molecule has 3 heterocycles. The number of benzene rings is 3. The third-order valence-electron chi connectivity index (χ3n) is 9.79. The summed E-state index contributed by atoms with van der Waals surface area (Å²) >= 11 is 1.31. The van der Waals surface area contributed by atoms with Crippen molar-refractivity contribution in [2.45, 2.75) is 93.6 Å². The van der Waals surface area contributed by atoms with Gasteiger partial charge in [0.1, 0.15) is 53.3 Å². The van der Waals surface area contributed by atoms with Crippen molar-refractivity contribution in [3.63, 3.8) is 0 Å². The van der Waals surface area contributed by atoms with E-state index in [0.29, 0.717) is 30.9 Å². The second kappa shape index (κ2) is 14.9. The average Bonchev–Trinajstić information content (AvgIpc) is 3.54. The monoisotopic (exact) mass is 669 g/mol. The molecule has 0 unspecified atom stereocenters. The lowest BCUT2D eigenvalue weighted by molar-refractivity contribution is -0.200. The molecule has 3 aromatic rings. The highest BCUT2D eigenvalue weighted by atomic mass is 32.2. The Morgan fingerprint density at radius 2 is 1.72 bits per heavy atom. The SMILES string of the molecule is CS[C@H]1O[C@@H](c2ccc(C(C)C)c(Cc3ccc(O[C@@H]4CCN([C@H]5CC[C@@H](c6cc(F)ccc6F)OC5)C4)cc3)c2)[C@H](O)[C@@H](O)[C@@H]1O. The van der Waals surface area contributed by atoms with Gasteiger partial charge in [0.25, 0.3) is 0 Å². The van der Waals surface area contributed by atoms with E-state index in [1.165, 1.54) is 23.4 Å². The van der Waals surface area contributed by atoms with E-state index in [1.54, 1.807) is 6.26 Å². The maximum Gasteiger partial charge on any atom is 0.132 e. The lowest BCUT2D eigenvalue weighted by Crippen LogP contribution is -2.52. The van der Waals surface area contributed by atoms with Crippen molar-refractivity contribution in [1.29, 1.82) is 0 Å². The van der Waals surface area contributed by atoms with Crippen molar-refractivity contribution in [2.24, 2.45) is 0 Å². The number of hydrogen-bond acceptors (Lipinski definition) is 8. The first-order chi connectivity index (χ1) is 22.6. The van der Waals surface area contributed by atoms with Gasteiger partial charge in [-0.2, -0.15) is 0 Å². The summed E-state index contributed by atoms with van der Waals surface area (Å²) in [5, 5.41) is 31.5. The molecule has 0 bridgehead atoms. The molecule has 3 N–H and O–H groups in total. The Kier molecular flexibility index (Phi) is 10.9. The Labute approximate surface area is 279 Å². The minimum atomic E-state index is -1.29. The second-order valence-corrected chi connectivity index (χ2v) is 14.2. The molecule has 0 amide bonds. The third-order valence-corrected chi connectivity index (χ3v) is 10.6. The Morgan fingerprint density at radius 3 is 2.43 bits per heavy atom. The van der Waals surface area contributed by atoms with Crippen LogP contribution in [-0.4, -0.2) is 82.1 Å². The zero-order valence-corrected chi connectivity index (χ0v) is 27.9. The molecule has 47 heavy (non-hydrogen) atoms. The van der Waals surface area contributed by atoms with Crippen LogP contribution in [0.4, 0.5) is 8.78 Å². The fourth-order valence-electron chi connectivity index (χ4n) is 7.15. The van der Waals surface area contributed by atoms with Crippen molar-refractivity contribution in [1.82, 2.24) is 4.90 Å². The van der Waals surface area contributed by atoms with E-state index in [9.17, 15) is 24.1 Å². The van der Waals surface area contributed by atoms with Gasteiger partial charge < -0.3 is 29.5 Å². The molecule has 3 aliphatic rings. The molecule has 0 aromatic heterocycles. The Morgan fingerprint density at radius 1 is 0.936 bits per heavy atom. The van der Waals surface area contributed by atoms with Gasteiger partial charge in [-0.3, -0.25) is 4.90 Å². The average molecular weight is 670 g/mol. The number of halogens is 2. The zero-order chi connectivity index (χ0) is 33.2. The van der Waals surface area contributed by atoms with Crippen LogP contribution in [0, 0.1) is 11.6 Å². The largest absolute Gasteiger partial charge is 0.489 e. The van der Waals surface area contributed by atoms with Crippen LogP contribution in [0.3, 0.4) is 0 Å². The molecule has 8 atom stereocenters. The van der Waals surface area contributed by atoms with Gasteiger partial charge in [0.05, 0.1) is 12.7 Å². The lowest BCUT2D eigenvalue weighted by atomic mass is 9.88. The summed E-state index contributed by atoms with van der Waals surface area (Å²) in [6, 6.07) is 18.0. The lowest BCUT2D eigenvalue weighted by Gasteiger charge is -2.40. The van der Waals surface area contributed by atoms with E-state index >= 15 is 0 Å².